The van der Waals surface area contributed by atoms with Gasteiger partial charge in [-0.2, -0.15) is 4.37 Å². The number of nitrogens with zero attached hydrogens (tertiary/aromatic N) is 4. The summed E-state index contributed by atoms with van der Waals surface area (Å²) in [6.07, 6.45) is 0.657. The molecule has 0 aliphatic carbocycles. The smallest absolute Gasteiger partial charge is 0.242 e. The van der Waals surface area contributed by atoms with Gasteiger partial charge in [0.2, 0.25) is 15.2 Å². The van der Waals surface area contributed by atoms with Crippen LogP contribution >= 0.6 is 34.7 Å². The third-order valence-corrected chi connectivity index (χ3v) is 8.49. The highest BCUT2D eigenvalue weighted by Gasteiger charge is 2.22. The number of aromatic nitrogens is 2. The molecule has 0 amide bonds. The Morgan fingerprint density at radius 3 is 2.68 bits per heavy atom. The number of methoxy groups -OCH3 is 1. The molecule has 0 radical (unpaired) electrons. The summed E-state index contributed by atoms with van der Waals surface area (Å²) in [7, 11) is -2.07. The number of piperazine rings is 1. The van der Waals surface area contributed by atoms with Crippen LogP contribution in [0, 0.1) is 0 Å². The number of hydrogen-bond acceptors (Lipinski definition) is 8. The summed E-state index contributed by atoms with van der Waals surface area (Å²) < 4.78 is 37.5. The van der Waals surface area contributed by atoms with Crippen LogP contribution in [-0.2, 0) is 16.4 Å². The number of hydrogen-bond donors (Lipinski definition) is 1. The van der Waals surface area contributed by atoms with Gasteiger partial charge in [-0.25, -0.2) is 18.1 Å². The zero-order valence-electron chi connectivity index (χ0n) is 18.6. The number of benzene rings is 2. The van der Waals surface area contributed by atoms with Gasteiger partial charge >= 0.3 is 0 Å². The Labute approximate surface area is 213 Å². The van der Waals surface area contributed by atoms with Gasteiger partial charge in [-0.3, -0.25) is 4.90 Å². The van der Waals surface area contributed by atoms with Crippen molar-refractivity contribution in [1.82, 2.24) is 19.0 Å². The van der Waals surface area contributed by atoms with Crippen molar-refractivity contribution in [3.8, 4) is 5.75 Å². The first-order chi connectivity index (χ1) is 16.3. The summed E-state index contributed by atoms with van der Waals surface area (Å²) in [4.78, 5) is 9.15. The molecule has 0 unspecified atom stereocenters. The SMILES string of the molecule is COc1cccc(Cc2nsc(N3CCN(CCNS(=O)(=O)c4cc(Cl)ccc4Cl)CC3)n2)c1. The van der Waals surface area contributed by atoms with E-state index in [1.807, 2.05) is 24.3 Å². The molecule has 1 aliphatic heterocycles. The van der Waals surface area contributed by atoms with Gasteiger partial charge in [0.25, 0.3) is 0 Å². The van der Waals surface area contributed by atoms with Crippen LogP contribution in [0.2, 0.25) is 10.0 Å². The predicted molar refractivity (Wildman–Crippen MR) is 136 cm³/mol. The van der Waals surface area contributed by atoms with Gasteiger partial charge in [0, 0.05) is 62.2 Å². The fraction of sp³-hybridized carbons (Fsp3) is 0.364. The Bertz CT molecular complexity index is 1230. The van der Waals surface area contributed by atoms with Crippen LogP contribution in [0.15, 0.2) is 47.4 Å². The van der Waals surface area contributed by atoms with E-state index >= 15 is 0 Å². The molecule has 12 heteroatoms. The van der Waals surface area contributed by atoms with Crippen LogP contribution in [0.3, 0.4) is 0 Å². The van der Waals surface area contributed by atoms with Gasteiger partial charge in [-0.15, -0.1) is 0 Å². The molecule has 8 nitrogen and oxygen atoms in total. The maximum absolute atomic E-state index is 12.6. The standard InChI is InChI=1S/C22H25Cl2N5O3S2/c1-32-18-4-2-3-16(13-18)14-21-26-22(33-27-21)29-11-9-28(10-12-29)8-7-25-34(30,31)20-15-17(23)5-6-19(20)24/h2-6,13,15,25H,7-12,14H2,1H3. The highest BCUT2D eigenvalue weighted by atomic mass is 35.5. The second-order valence-electron chi connectivity index (χ2n) is 7.82. The predicted octanol–water partition coefficient (Wildman–Crippen LogP) is 3.54. The van der Waals surface area contributed by atoms with E-state index in [9.17, 15) is 8.42 Å². The quantitative estimate of drug-likeness (QED) is 0.443. The molecular weight excluding hydrogens is 517 g/mol. The van der Waals surface area contributed by atoms with Crippen molar-refractivity contribution in [2.24, 2.45) is 0 Å². The first-order valence-electron chi connectivity index (χ1n) is 10.7. The highest BCUT2D eigenvalue weighted by molar-refractivity contribution is 7.89. The largest absolute Gasteiger partial charge is 0.497 e. The topological polar surface area (TPSA) is 87.7 Å². The second-order valence-corrected chi connectivity index (χ2v) is 11.1. The lowest BCUT2D eigenvalue weighted by Crippen LogP contribution is -2.48. The first kappa shape index (κ1) is 25.2. The Kier molecular flexibility index (Phi) is 8.28. The van der Waals surface area contributed by atoms with Gasteiger partial charge in [-0.05, 0) is 35.9 Å². The highest BCUT2D eigenvalue weighted by Crippen LogP contribution is 2.25. The molecule has 2 heterocycles. The average molecular weight is 543 g/mol. The Balaban J connectivity index is 1.25. The summed E-state index contributed by atoms with van der Waals surface area (Å²) in [5.41, 5.74) is 1.11. The van der Waals surface area contributed by atoms with E-state index in [4.69, 9.17) is 32.9 Å². The van der Waals surface area contributed by atoms with Crippen molar-refractivity contribution in [3.63, 3.8) is 0 Å². The monoisotopic (exact) mass is 541 g/mol. The van der Waals surface area contributed by atoms with E-state index in [2.05, 4.69) is 18.9 Å². The maximum atomic E-state index is 12.6. The van der Waals surface area contributed by atoms with E-state index in [1.165, 1.54) is 23.7 Å². The molecule has 0 spiro atoms. The van der Waals surface area contributed by atoms with Gasteiger partial charge in [-0.1, -0.05) is 35.3 Å². The number of halogens is 2. The molecule has 34 heavy (non-hydrogen) atoms. The summed E-state index contributed by atoms with van der Waals surface area (Å²) in [6.45, 7) is 4.12. The molecule has 182 valence electrons. The van der Waals surface area contributed by atoms with Gasteiger partial charge < -0.3 is 9.64 Å². The number of anilines is 1. The Morgan fingerprint density at radius 1 is 1.12 bits per heavy atom. The maximum Gasteiger partial charge on any atom is 0.242 e. The lowest BCUT2D eigenvalue weighted by atomic mass is 10.1. The molecule has 1 aliphatic rings. The molecule has 1 N–H and O–H groups in total. The van der Waals surface area contributed by atoms with Crippen molar-refractivity contribution >= 4 is 49.9 Å². The van der Waals surface area contributed by atoms with E-state index in [0.717, 1.165) is 48.4 Å². The fourth-order valence-corrected chi connectivity index (χ4v) is 6.19. The average Bonchev–Trinajstić information content (AvgIpc) is 3.29. The summed E-state index contributed by atoms with van der Waals surface area (Å²) >= 11 is 13.4. The number of nitrogens with one attached hydrogen (secondary N) is 1. The molecule has 1 aromatic heterocycles. The third-order valence-electron chi connectivity index (χ3n) is 5.50. The number of rotatable bonds is 9. The van der Waals surface area contributed by atoms with Crippen LogP contribution < -0.4 is 14.4 Å². The summed E-state index contributed by atoms with van der Waals surface area (Å²) in [6, 6.07) is 12.3. The van der Waals surface area contributed by atoms with Gasteiger partial charge in [0.05, 0.1) is 12.1 Å². The van der Waals surface area contributed by atoms with Crippen LogP contribution in [0.1, 0.15) is 11.4 Å². The molecule has 0 bridgehead atoms. The zero-order chi connectivity index (χ0) is 24.1. The van der Waals surface area contributed by atoms with Crippen LogP contribution in [-0.4, -0.2) is 69.1 Å². The second kappa shape index (κ2) is 11.2. The van der Waals surface area contributed by atoms with Crippen LogP contribution in [0.4, 0.5) is 5.13 Å². The van der Waals surface area contributed by atoms with E-state index < -0.39 is 10.0 Å². The van der Waals surface area contributed by atoms with Crippen molar-refractivity contribution < 1.29 is 13.2 Å². The van der Waals surface area contributed by atoms with Crippen LogP contribution in [0.25, 0.3) is 0 Å². The third kappa shape index (κ3) is 6.38. The lowest BCUT2D eigenvalue weighted by molar-refractivity contribution is 0.262. The van der Waals surface area contributed by atoms with E-state index in [0.29, 0.717) is 18.0 Å². The lowest BCUT2D eigenvalue weighted by Gasteiger charge is -2.34. The van der Waals surface area contributed by atoms with Crippen molar-refractivity contribution in [3.05, 3.63) is 63.9 Å². The normalized spacial score (nSPS) is 15.0. The fourth-order valence-electron chi connectivity index (χ4n) is 3.67. The summed E-state index contributed by atoms with van der Waals surface area (Å²) in [5, 5.41) is 1.38. The molecular formula is C22H25Cl2N5O3S2. The summed E-state index contributed by atoms with van der Waals surface area (Å²) in [5.74, 6) is 1.62. The van der Waals surface area contributed by atoms with Gasteiger partial charge in [0.15, 0.2) is 0 Å². The van der Waals surface area contributed by atoms with Crippen molar-refractivity contribution in [2.75, 3.05) is 51.3 Å². The minimum Gasteiger partial charge on any atom is -0.497 e. The molecule has 1 fully saturated rings. The minimum absolute atomic E-state index is 0.00694. The van der Waals surface area contributed by atoms with E-state index in [-0.39, 0.29) is 16.5 Å². The van der Waals surface area contributed by atoms with Crippen molar-refractivity contribution in [1.29, 1.82) is 0 Å². The Hall–Kier alpha value is -1.95. The number of sulfonamides is 1. The first-order valence-corrected chi connectivity index (χ1v) is 13.7. The zero-order valence-corrected chi connectivity index (χ0v) is 21.7. The number of ether oxygens (including phenoxy) is 1. The molecule has 2 aromatic carbocycles. The van der Waals surface area contributed by atoms with Crippen molar-refractivity contribution in [2.45, 2.75) is 11.3 Å². The molecule has 0 saturated carbocycles. The molecule has 3 aromatic rings. The van der Waals surface area contributed by atoms with Gasteiger partial charge in [0.1, 0.15) is 16.5 Å². The molecule has 0 atom stereocenters. The minimum atomic E-state index is -3.72. The Morgan fingerprint density at radius 2 is 1.91 bits per heavy atom. The van der Waals surface area contributed by atoms with Crippen LogP contribution in [0.5, 0.6) is 5.75 Å². The molecule has 4 rings (SSSR count). The molecule has 1 saturated heterocycles. The van der Waals surface area contributed by atoms with E-state index in [1.54, 1.807) is 13.2 Å².